The van der Waals surface area contributed by atoms with Crippen LogP contribution in [0.3, 0.4) is 0 Å². The molecule has 0 saturated heterocycles. The van der Waals surface area contributed by atoms with Crippen LogP contribution < -0.4 is 5.32 Å². The fourth-order valence-electron chi connectivity index (χ4n) is 2.26. The number of aryl methyl sites for hydroxylation is 1. The topological polar surface area (TPSA) is 29.9 Å². The summed E-state index contributed by atoms with van der Waals surface area (Å²) >= 11 is 0. The molecule has 2 rings (SSSR count). The first-order valence-electron chi connectivity index (χ1n) is 7.06. The molecule has 0 fully saturated rings. The average Bonchev–Trinajstić information content (AvgIpc) is 2.85. The zero-order valence-corrected chi connectivity index (χ0v) is 11.8. The van der Waals surface area contributed by atoms with Gasteiger partial charge in [-0.25, -0.2) is 4.98 Å². The Bertz CT molecular complexity index is 476. The molecule has 0 aliphatic carbocycles. The van der Waals surface area contributed by atoms with E-state index in [1.165, 1.54) is 11.3 Å². The van der Waals surface area contributed by atoms with Crippen molar-refractivity contribution in [2.24, 2.45) is 0 Å². The van der Waals surface area contributed by atoms with Crippen molar-refractivity contribution in [3.63, 3.8) is 0 Å². The summed E-state index contributed by atoms with van der Waals surface area (Å²) in [6.45, 7) is 6.35. The lowest BCUT2D eigenvalue weighted by atomic mass is 10.1. The SMILES string of the molecule is CCCn1cncc1CNC(C)Cc1ccccc1. The number of nitrogens with zero attached hydrogens (tertiary/aromatic N) is 2. The maximum absolute atomic E-state index is 4.23. The van der Waals surface area contributed by atoms with E-state index in [1.807, 2.05) is 12.5 Å². The third-order valence-corrected chi connectivity index (χ3v) is 3.28. The van der Waals surface area contributed by atoms with Gasteiger partial charge in [0.05, 0.1) is 12.0 Å². The highest BCUT2D eigenvalue weighted by Gasteiger charge is 2.05. The molecule has 0 saturated carbocycles. The Morgan fingerprint density at radius 1 is 1.26 bits per heavy atom. The number of imidazole rings is 1. The summed E-state index contributed by atoms with van der Waals surface area (Å²) in [5.74, 6) is 0. The lowest BCUT2D eigenvalue weighted by Crippen LogP contribution is -2.28. The van der Waals surface area contributed by atoms with Crippen LogP contribution in [0.25, 0.3) is 0 Å². The molecular formula is C16H23N3. The van der Waals surface area contributed by atoms with E-state index in [4.69, 9.17) is 0 Å². The van der Waals surface area contributed by atoms with Gasteiger partial charge in [-0.2, -0.15) is 0 Å². The molecule has 1 heterocycles. The summed E-state index contributed by atoms with van der Waals surface area (Å²) in [5, 5.41) is 3.57. The first-order chi connectivity index (χ1) is 9.29. The molecule has 0 bridgehead atoms. The summed E-state index contributed by atoms with van der Waals surface area (Å²) in [6, 6.07) is 11.1. The molecular weight excluding hydrogens is 234 g/mol. The summed E-state index contributed by atoms with van der Waals surface area (Å²) in [5.41, 5.74) is 2.64. The van der Waals surface area contributed by atoms with Crippen LogP contribution in [0.4, 0.5) is 0 Å². The van der Waals surface area contributed by atoms with E-state index in [-0.39, 0.29) is 0 Å². The largest absolute Gasteiger partial charge is 0.333 e. The van der Waals surface area contributed by atoms with Crippen molar-refractivity contribution in [3.05, 3.63) is 54.1 Å². The van der Waals surface area contributed by atoms with Gasteiger partial charge in [0.2, 0.25) is 0 Å². The van der Waals surface area contributed by atoms with Crippen molar-refractivity contribution in [2.45, 2.75) is 45.8 Å². The van der Waals surface area contributed by atoms with Crippen LogP contribution in [0, 0.1) is 0 Å². The molecule has 2 aromatic rings. The fourth-order valence-corrected chi connectivity index (χ4v) is 2.26. The van der Waals surface area contributed by atoms with Crippen molar-refractivity contribution in [1.29, 1.82) is 0 Å². The summed E-state index contributed by atoms with van der Waals surface area (Å²) < 4.78 is 2.22. The molecule has 3 nitrogen and oxygen atoms in total. The Kier molecular flexibility index (Phi) is 5.16. The Morgan fingerprint density at radius 3 is 2.79 bits per heavy atom. The normalized spacial score (nSPS) is 12.5. The predicted octanol–water partition coefficient (Wildman–Crippen LogP) is 3.01. The van der Waals surface area contributed by atoms with Crippen LogP contribution >= 0.6 is 0 Å². The van der Waals surface area contributed by atoms with Gasteiger partial charge in [-0.3, -0.25) is 0 Å². The van der Waals surface area contributed by atoms with Crippen LogP contribution in [0.1, 0.15) is 31.5 Å². The van der Waals surface area contributed by atoms with Gasteiger partial charge in [0.1, 0.15) is 0 Å². The van der Waals surface area contributed by atoms with E-state index in [0.717, 1.165) is 25.9 Å². The summed E-state index contributed by atoms with van der Waals surface area (Å²) in [4.78, 5) is 4.23. The number of nitrogens with one attached hydrogen (secondary N) is 1. The second-order valence-electron chi connectivity index (χ2n) is 5.05. The van der Waals surface area contributed by atoms with Crippen molar-refractivity contribution in [2.75, 3.05) is 0 Å². The number of aromatic nitrogens is 2. The molecule has 3 heteroatoms. The first kappa shape index (κ1) is 13.8. The van der Waals surface area contributed by atoms with Crippen molar-refractivity contribution < 1.29 is 0 Å². The summed E-state index contributed by atoms with van der Waals surface area (Å²) in [6.07, 6.45) is 6.08. The zero-order valence-electron chi connectivity index (χ0n) is 11.8. The number of hydrogen-bond acceptors (Lipinski definition) is 2. The molecule has 102 valence electrons. The van der Waals surface area contributed by atoms with Crippen molar-refractivity contribution in [1.82, 2.24) is 14.9 Å². The zero-order chi connectivity index (χ0) is 13.5. The molecule has 1 unspecified atom stereocenters. The fraction of sp³-hybridized carbons (Fsp3) is 0.438. The monoisotopic (exact) mass is 257 g/mol. The molecule has 0 spiro atoms. The maximum Gasteiger partial charge on any atom is 0.0948 e. The molecule has 1 aromatic heterocycles. The van der Waals surface area contributed by atoms with Crippen LogP contribution in [0.5, 0.6) is 0 Å². The highest BCUT2D eigenvalue weighted by Crippen LogP contribution is 2.05. The van der Waals surface area contributed by atoms with Crippen LogP contribution in [-0.4, -0.2) is 15.6 Å². The average molecular weight is 257 g/mol. The minimum atomic E-state index is 0.465. The highest BCUT2D eigenvalue weighted by atomic mass is 15.1. The summed E-state index contributed by atoms with van der Waals surface area (Å²) in [7, 11) is 0. The lowest BCUT2D eigenvalue weighted by Gasteiger charge is -2.14. The van der Waals surface area contributed by atoms with Gasteiger partial charge in [-0.15, -0.1) is 0 Å². The maximum atomic E-state index is 4.23. The predicted molar refractivity (Wildman–Crippen MR) is 79.0 cm³/mol. The third kappa shape index (κ3) is 4.21. The molecule has 0 aliphatic rings. The van der Waals surface area contributed by atoms with E-state index in [2.05, 4.69) is 59.0 Å². The number of benzene rings is 1. The van der Waals surface area contributed by atoms with Gasteiger partial charge in [-0.05, 0) is 25.3 Å². The second-order valence-corrected chi connectivity index (χ2v) is 5.05. The quantitative estimate of drug-likeness (QED) is 0.826. The number of hydrogen-bond donors (Lipinski definition) is 1. The van der Waals surface area contributed by atoms with Gasteiger partial charge in [0, 0.05) is 25.3 Å². The van der Waals surface area contributed by atoms with Gasteiger partial charge in [0.25, 0.3) is 0 Å². The Hall–Kier alpha value is -1.61. The minimum Gasteiger partial charge on any atom is -0.333 e. The second kappa shape index (κ2) is 7.10. The molecule has 0 aliphatic heterocycles. The van der Waals surface area contributed by atoms with Gasteiger partial charge in [-0.1, -0.05) is 37.3 Å². The van der Waals surface area contributed by atoms with Gasteiger partial charge in [0.15, 0.2) is 0 Å². The van der Waals surface area contributed by atoms with Crippen LogP contribution in [0.2, 0.25) is 0 Å². The highest BCUT2D eigenvalue weighted by molar-refractivity contribution is 5.15. The lowest BCUT2D eigenvalue weighted by molar-refractivity contribution is 0.521. The van der Waals surface area contributed by atoms with Gasteiger partial charge >= 0.3 is 0 Å². The molecule has 19 heavy (non-hydrogen) atoms. The molecule has 1 N–H and O–H groups in total. The van der Waals surface area contributed by atoms with E-state index in [9.17, 15) is 0 Å². The minimum absolute atomic E-state index is 0.465. The van der Waals surface area contributed by atoms with E-state index >= 15 is 0 Å². The first-order valence-corrected chi connectivity index (χ1v) is 7.06. The third-order valence-electron chi connectivity index (χ3n) is 3.28. The van der Waals surface area contributed by atoms with E-state index < -0.39 is 0 Å². The molecule has 0 radical (unpaired) electrons. The Labute approximate surface area is 115 Å². The smallest absolute Gasteiger partial charge is 0.0948 e. The van der Waals surface area contributed by atoms with Crippen LogP contribution in [0.15, 0.2) is 42.9 Å². The Morgan fingerprint density at radius 2 is 2.05 bits per heavy atom. The molecule has 0 amide bonds. The Balaban J connectivity index is 1.83. The van der Waals surface area contributed by atoms with Gasteiger partial charge < -0.3 is 9.88 Å². The van der Waals surface area contributed by atoms with Crippen molar-refractivity contribution in [3.8, 4) is 0 Å². The van der Waals surface area contributed by atoms with E-state index in [0.29, 0.717) is 6.04 Å². The standard InChI is InChI=1S/C16H23N3/c1-3-9-19-13-17-11-16(19)12-18-14(2)10-15-7-5-4-6-8-15/h4-8,11,13-14,18H,3,9-10,12H2,1-2H3. The van der Waals surface area contributed by atoms with Crippen LogP contribution in [-0.2, 0) is 19.5 Å². The number of rotatable bonds is 7. The molecule has 1 aromatic carbocycles. The van der Waals surface area contributed by atoms with E-state index in [1.54, 1.807) is 0 Å². The molecule has 1 atom stereocenters. The van der Waals surface area contributed by atoms with Crippen molar-refractivity contribution >= 4 is 0 Å².